The lowest BCUT2D eigenvalue weighted by Crippen LogP contribution is -2.29. The second kappa shape index (κ2) is 18.9. The molecular weight excluding hydrogens is 987 g/mol. The molecule has 0 N–H and O–H groups in total. The van der Waals surface area contributed by atoms with Gasteiger partial charge in [-0.3, -0.25) is 0 Å². The summed E-state index contributed by atoms with van der Waals surface area (Å²) in [5.74, 6) is 0. The van der Waals surface area contributed by atoms with Gasteiger partial charge in [0.1, 0.15) is 0 Å². The zero-order valence-corrected chi connectivity index (χ0v) is 45.2. The average Bonchev–Trinajstić information content (AvgIpc) is 4.06. The largest absolute Gasteiger partial charge is 0.310 e. The molecule has 3 aliphatic rings. The lowest BCUT2D eigenvalue weighted by Gasteiger charge is -2.36. The minimum absolute atomic E-state index is 0.455. The van der Waals surface area contributed by atoms with Crippen LogP contribution in [0.25, 0.3) is 44.5 Å². The molecule has 13 aromatic rings. The minimum atomic E-state index is -0.569. The Morgan fingerprint density at radius 2 is 0.439 bits per heavy atom. The maximum absolute atomic E-state index is 2.50. The molecule has 0 aromatic heterocycles. The van der Waals surface area contributed by atoms with E-state index >= 15 is 0 Å². The van der Waals surface area contributed by atoms with Gasteiger partial charge >= 0.3 is 0 Å². The Labute approximate surface area is 480 Å². The summed E-state index contributed by atoms with van der Waals surface area (Å²) in [5, 5.41) is 0. The van der Waals surface area contributed by atoms with E-state index in [1.165, 1.54) is 106 Å². The molecule has 0 saturated carbocycles. The van der Waals surface area contributed by atoms with Gasteiger partial charge in [-0.2, -0.15) is 0 Å². The Kier molecular flexibility index (Phi) is 11.0. The molecule has 0 bridgehead atoms. The van der Waals surface area contributed by atoms with Gasteiger partial charge in [-0.25, -0.2) is 0 Å². The summed E-state index contributed by atoms with van der Waals surface area (Å²) in [5.41, 5.74) is 26.8. The van der Waals surface area contributed by atoms with Crippen molar-refractivity contribution in [3.05, 3.63) is 400 Å². The van der Waals surface area contributed by atoms with Crippen LogP contribution in [0, 0.1) is 0 Å². The number of hydrogen-bond acceptors (Lipinski definition) is 1. The van der Waals surface area contributed by atoms with Crippen LogP contribution in [0.4, 0.5) is 17.1 Å². The van der Waals surface area contributed by atoms with Gasteiger partial charge in [0.2, 0.25) is 0 Å². The second-order valence-corrected chi connectivity index (χ2v) is 22.2. The van der Waals surface area contributed by atoms with E-state index in [2.05, 4.69) is 339 Å². The molecule has 82 heavy (non-hydrogen) atoms. The van der Waals surface area contributed by atoms with Crippen LogP contribution in [0.1, 0.15) is 66.8 Å². The average molecular weight is 1040 g/mol. The summed E-state index contributed by atoms with van der Waals surface area (Å²) in [4.78, 5) is 2.50. The molecule has 0 atom stereocenters. The Bertz CT molecular complexity index is 4230. The van der Waals surface area contributed by atoms with E-state index in [0.29, 0.717) is 0 Å². The quantitative estimate of drug-likeness (QED) is 0.132. The van der Waals surface area contributed by atoms with Crippen LogP contribution < -0.4 is 4.90 Å². The number of benzene rings is 13. The van der Waals surface area contributed by atoms with Crippen molar-refractivity contribution in [1.82, 2.24) is 0 Å². The molecule has 0 amide bonds. The van der Waals surface area contributed by atoms with Crippen molar-refractivity contribution in [2.24, 2.45) is 0 Å². The highest BCUT2D eigenvalue weighted by Gasteiger charge is 2.49. The smallest absolute Gasteiger partial charge is 0.0714 e. The van der Waals surface area contributed by atoms with Crippen LogP contribution in [0.15, 0.2) is 334 Å². The van der Waals surface area contributed by atoms with Crippen LogP contribution >= 0.6 is 0 Å². The van der Waals surface area contributed by atoms with Crippen molar-refractivity contribution < 1.29 is 0 Å². The molecular formula is C81H55N. The van der Waals surface area contributed by atoms with Gasteiger partial charge in [0.25, 0.3) is 0 Å². The van der Waals surface area contributed by atoms with E-state index < -0.39 is 16.2 Å². The first-order valence-electron chi connectivity index (χ1n) is 28.7. The van der Waals surface area contributed by atoms with Gasteiger partial charge in [-0.05, 0) is 154 Å². The number of anilines is 3. The first kappa shape index (κ1) is 47.6. The number of nitrogens with zero attached hydrogens (tertiary/aromatic N) is 1. The van der Waals surface area contributed by atoms with Crippen LogP contribution in [-0.2, 0) is 16.2 Å². The maximum Gasteiger partial charge on any atom is 0.0714 e. The van der Waals surface area contributed by atoms with Gasteiger partial charge < -0.3 is 4.90 Å². The van der Waals surface area contributed by atoms with E-state index in [0.717, 1.165) is 22.6 Å². The third-order valence-electron chi connectivity index (χ3n) is 18.3. The van der Waals surface area contributed by atoms with Crippen molar-refractivity contribution in [2.45, 2.75) is 16.2 Å². The summed E-state index contributed by atoms with van der Waals surface area (Å²) in [7, 11) is 0. The van der Waals surface area contributed by atoms with Crippen molar-refractivity contribution in [3.63, 3.8) is 0 Å². The molecule has 1 nitrogen and oxygen atoms in total. The van der Waals surface area contributed by atoms with Crippen LogP contribution in [-0.4, -0.2) is 0 Å². The molecule has 0 saturated heterocycles. The van der Waals surface area contributed by atoms with Crippen molar-refractivity contribution in [2.75, 3.05) is 4.90 Å². The summed E-state index contributed by atoms with van der Waals surface area (Å²) in [6.07, 6.45) is 0. The zero-order chi connectivity index (χ0) is 54.2. The number of rotatable bonds is 10. The highest BCUT2D eigenvalue weighted by molar-refractivity contribution is 5.94. The molecule has 1 heteroatoms. The van der Waals surface area contributed by atoms with E-state index in [1.807, 2.05) is 0 Å². The number of fused-ring (bicyclic) bond motifs is 9. The molecule has 3 aliphatic carbocycles. The van der Waals surface area contributed by atoms with Crippen LogP contribution in [0.2, 0.25) is 0 Å². The fourth-order valence-electron chi connectivity index (χ4n) is 15.0. The van der Waals surface area contributed by atoms with Crippen LogP contribution in [0.3, 0.4) is 0 Å². The summed E-state index contributed by atoms with van der Waals surface area (Å²) in [6.45, 7) is 0. The van der Waals surface area contributed by atoms with Crippen molar-refractivity contribution >= 4 is 17.1 Å². The predicted molar refractivity (Wildman–Crippen MR) is 338 cm³/mol. The predicted octanol–water partition coefficient (Wildman–Crippen LogP) is 19.9. The molecule has 16 rings (SSSR count). The molecule has 13 aromatic carbocycles. The van der Waals surface area contributed by atoms with Crippen molar-refractivity contribution in [3.8, 4) is 44.5 Å². The van der Waals surface area contributed by atoms with Gasteiger partial charge in [-0.1, -0.05) is 291 Å². The van der Waals surface area contributed by atoms with Crippen LogP contribution in [0.5, 0.6) is 0 Å². The Morgan fingerprint density at radius 3 is 0.805 bits per heavy atom. The Hall–Kier alpha value is -10.3. The summed E-state index contributed by atoms with van der Waals surface area (Å²) in [6, 6.07) is 125. The maximum atomic E-state index is 2.50. The molecule has 0 radical (unpaired) electrons. The lowest BCUT2D eigenvalue weighted by atomic mass is 9.67. The minimum Gasteiger partial charge on any atom is -0.310 e. The summed E-state index contributed by atoms with van der Waals surface area (Å²) < 4.78 is 0. The fraction of sp³-hybridized carbons (Fsp3) is 0.0370. The van der Waals surface area contributed by atoms with Crippen molar-refractivity contribution in [1.29, 1.82) is 0 Å². The van der Waals surface area contributed by atoms with Gasteiger partial charge in [0.05, 0.1) is 16.2 Å². The van der Waals surface area contributed by atoms with E-state index in [-0.39, 0.29) is 0 Å². The first-order chi connectivity index (χ1) is 40.7. The summed E-state index contributed by atoms with van der Waals surface area (Å²) >= 11 is 0. The third-order valence-corrected chi connectivity index (χ3v) is 18.3. The highest BCUT2D eigenvalue weighted by atomic mass is 15.1. The molecule has 384 valence electrons. The second-order valence-electron chi connectivity index (χ2n) is 22.2. The molecule has 0 aliphatic heterocycles. The number of hydrogen-bond donors (Lipinski definition) is 0. The Balaban J connectivity index is 0.907. The first-order valence-corrected chi connectivity index (χ1v) is 28.7. The lowest BCUT2D eigenvalue weighted by molar-refractivity contribution is 0.767. The highest BCUT2D eigenvalue weighted by Crippen LogP contribution is 2.61. The van der Waals surface area contributed by atoms with Gasteiger partial charge in [0.15, 0.2) is 0 Å². The topological polar surface area (TPSA) is 3.24 Å². The fourth-order valence-corrected chi connectivity index (χ4v) is 15.0. The normalized spacial score (nSPS) is 14.1. The Morgan fingerprint density at radius 1 is 0.171 bits per heavy atom. The van der Waals surface area contributed by atoms with Gasteiger partial charge in [0, 0.05) is 17.1 Å². The van der Waals surface area contributed by atoms with Gasteiger partial charge in [-0.15, -0.1) is 0 Å². The van der Waals surface area contributed by atoms with E-state index in [4.69, 9.17) is 0 Å². The molecule has 0 spiro atoms. The third kappa shape index (κ3) is 6.81. The van der Waals surface area contributed by atoms with E-state index in [1.54, 1.807) is 0 Å². The zero-order valence-electron chi connectivity index (χ0n) is 45.2. The standard InChI is InChI=1S/C81H55N/c1-7-25-58(26-8-1)79(59-27-9-2-10-28-59)75-42-24-21-39-69(75)72-53-57(45-52-76(72)79)56-43-46-64(47-44-56)82(65-48-50-70-67-37-19-22-40-73(67)80(77(70)54-65,60-29-11-3-12-30-60)61-31-13-4-14-32-61)66-49-51-71-68-38-20-23-41-74(68)81(78(71)55-66,62-33-15-5-16-34-62)63-35-17-6-18-36-63/h1-55H. The SMILES string of the molecule is c1ccc(C2(c3ccccc3)c3ccccc3-c3cc(-c4ccc(N(c5ccc6c(c5)C(c5ccccc5)(c5ccccc5)c5ccccc5-6)c5ccc6c(c5)C(c5ccccc5)(c5ccccc5)c5ccccc5-6)cc4)ccc32)cc1. The monoisotopic (exact) mass is 1040 g/mol. The molecule has 0 unspecified atom stereocenters. The molecule has 0 fully saturated rings. The van der Waals surface area contributed by atoms with E-state index in [9.17, 15) is 0 Å². The molecule has 0 heterocycles.